The Labute approximate surface area is 134 Å². The summed E-state index contributed by atoms with van der Waals surface area (Å²) in [6, 6.07) is 0.362. The predicted octanol–water partition coefficient (Wildman–Crippen LogP) is 0.504. The number of carbonyl (C=O) groups is 1. The van der Waals surface area contributed by atoms with Crippen LogP contribution in [0.15, 0.2) is 4.99 Å². The SMILES string of the molecule is CCCNCCN=C1NC(C2CC(=O)N(C)C2)CCCN1C. The molecule has 2 saturated heterocycles. The zero-order valence-corrected chi connectivity index (χ0v) is 14.3. The molecule has 0 spiro atoms. The Hall–Kier alpha value is -1.30. The molecule has 2 rings (SSSR count). The molecule has 0 bridgehead atoms. The third kappa shape index (κ3) is 4.60. The highest BCUT2D eigenvalue weighted by Crippen LogP contribution is 2.23. The molecule has 2 aliphatic rings. The molecule has 2 N–H and O–H groups in total. The van der Waals surface area contributed by atoms with Crippen LogP contribution in [0.5, 0.6) is 0 Å². The number of likely N-dealkylation sites (tertiary alicyclic amines) is 1. The van der Waals surface area contributed by atoms with Crippen molar-refractivity contribution in [3.05, 3.63) is 0 Å². The summed E-state index contributed by atoms with van der Waals surface area (Å²) < 4.78 is 0. The van der Waals surface area contributed by atoms with E-state index in [0.29, 0.717) is 18.4 Å². The molecule has 2 aliphatic heterocycles. The van der Waals surface area contributed by atoms with E-state index >= 15 is 0 Å². The van der Waals surface area contributed by atoms with Crippen molar-refractivity contribution < 1.29 is 4.79 Å². The Balaban J connectivity index is 1.91. The van der Waals surface area contributed by atoms with Crippen LogP contribution in [0.1, 0.15) is 32.6 Å². The van der Waals surface area contributed by atoms with E-state index in [1.54, 1.807) is 0 Å². The minimum absolute atomic E-state index is 0.270. The first kappa shape index (κ1) is 17.1. The van der Waals surface area contributed by atoms with Crippen LogP contribution in [0.4, 0.5) is 0 Å². The third-order valence-corrected chi connectivity index (χ3v) is 4.60. The molecule has 0 aromatic rings. The summed E-state index contributed by atoms with van der Waals surface area (Å²) in [6.45, 7) is 6.83. The molecule has 0 saturated carbocycles. The van der Waals surface area contributed by atoms with Gasteiger partial charge in [-0.3, -0.25) is 9.79 Å². The molecular weight excluding hydrogens is 278 g/mol. The van der Waals surface area contributed by atoms with Gasteiger partial charge in [-0.2, -0.15) is 0 Å². The average molecular weight is 309 g/mol. The Morgan fingerprint density at radius 3 is 2.82 bits per heavy atom. The molecule has 0 aromatic heterocycles. The van der Waals surface area contributed by atoms with E-state index in [4.69, 9.17) is 4.99 Å². The van der Waals surface area contributed by atoms with Gasteiger partial charge < -0.3 is 20.4 Å². The second-order valence-electron chi connectivity index (χ2n) is 6.51. The minimum atomic E-state index is 0.270. The standard InChI is InChI=1S/C16H31N5O/c1-4-7-17-8-9-18-16-19-14(6-5-10-20(16)2)13-11-15(22)21(3)12-13/h13-14,17H,4-12H2,1-3H3,(H,18,19). The summed E-state index contributed by atoms with van der Waals surface area (Å²) in [5, 5.41) is 6.99. The van der Waals surface area contributed by atoms with Crippen LogP contribution in [-0.4, -0.2) is 74.5 Å². The molecule has 2 heterocycles. The predicted molar refractivity (Wildman–Crippen MR) is 90.0 cm³/mol. The number of guanidine groups is 1. The van der Waals surface area contributed by atoms with Crippen molar-refractivity contribution in [3.8, 4) is 0 Å². The van der Waals surface area contributed by atoms with Gasteiger partial charge in [0.25, 0.3) is 0 Å². The largest absolute Gasteiger partial charge is 0.353 e. The normalized spacial score (nSPS) is 28.1. The van der Waals surface area contributed by atoms with Gasteiger partial charge in [0, 0.05) is 52.1 Å². The number of nitrogens with zero attached hydrogens (tertiary/aromatic N) is 3. The van der Waals surface area contributed by atoms with Crippen LogP contribution in [-0.2, 0) is 4.79 Å². The first-order valence-electron chi connectivity index (χ1n) is 8.58. The lowest BCUT2D eigenvalue weighted by molar-refractivity contribution is -0.126. The molecule has 2 fully saturated rings. The lowest BCUT2D eigenvalue weighted by Crippen LogP contribution is -2.45. The molecule has 0 aromatic carbocycles. The van der Waals surface area contributed by atoms with Gasteiger partial charge >= 0.3 is 0 Å². The second-order valence-corrected chi connectivity index (χ2v) is 6.51. The van der Waals surface area contributed by atoms with Crippen molar-refractivity contribution in [1.29, 1.82) is 0 Å². The highest BCUT2D eigenvalue weighted by Gasteiger charge is 2.34. The number of nitrogens with one attached hydrogen (secondary N) is 2. The van der Waals surface area contributed by atoms with Gasteiger partial charge in [-0.25, -0.2) is 0 Å². The van der Waals surface area contributed by atoms with E-state index in [1.807, 2.05) is 11.9 Å². The maximum Gasteiger partial charge on any atom is 0.222 e. The zero-order valence-electron chi connectivity index (χ0n) is 14.3. The fourth-order valence-corrected chi connectivity index (χ4v) is 3.23. The number of hydrogen-bond acceptors (Lipinski definition) is 3. The average Bonchev–Trinajstić information content (AvgIpc) is 2.71. The monoisotopic (exact) mass is 309 g/mol. The molecule has 6 heteroatoms. The molecule has 2 unspecified atom stereocenters. The quantitative estimate of drug-likeness (QED) is 0.702. The van der Waals surface area contributed by atoms with Crippen LogP contribution in [0, 0.1) is 5.92 Å². The summed E-state index contributed by atoms with van der Waals surface area (Å²) in [4.78, 5) is 20.6. The van der Waals surface area contributed by atoms with E-state index in [9.17, 15) is 4.79 Å². The summed E-state index contributed by atoms with van der Waals surface area (Å²) >= 11 is 0. The third-order valence-electron chi connectivity index (χ3n) is 4.60. The number of carbonyl (C=O) groups excluding carboxylic acids is 1. The second kappa shape index (κ2) is 8.36. The van der Waals surface area contributed by atoms with Gasteiger partial charge in [-0.05, 0) is 25.8 Å². The van der Waals surface area contributed by atoms with E-state index in [0.717, 1.165) is 57.9 Å². The van der Waals surface area contributed by atoms with Gasteiger partial charge in [0.1, 0.15) is 0 Å². The van der Waals surface area contributed by atoms with E-state index < -0.39 is 0 Å². The van der Waals surface area contributed by atoms with Crippen LogP contribution in [0.2, 0.25) is 0 Å². The van der Waals surface area contributed by atoms with Crippen molar-refractivity contribution in [2.45, 2.75) is 38.6 Å². The molecule has 0 radical (unpaired) electrons. The highest BCUT2D eigenvalue weighted by molar-refractivity contribution is 5.81. The highest BCUT2D eigenvalue weighted by atomic mass is 16.2. The number of rotatable bonds is 6. The van der Waals surface area contributed by atoms with Gasteiger partial charge in [-0.15, -0.1) is 0 Å². The first-order chi connectivity index (χ1) is 10.6. The van der Waals surface area contributed by atoms with Crippen LogP contribution < -0.4 is 10.6 Å². The summed E-state index contributed by atoms with van der Waals surface area (Å²) in [5.74, 6) is 1.67. The Morgan fingerprint density at radius 2 is 2.14 bits per heavy atom. The summed E-state index contributed by atoms with van der Waals surface area (Å²) in [5.41, 5.74) is 0. The summed E-state index contributed by atoms with van der Waals surface area (Å²) in [7, 11) is 4.00. The van der Waals surface area contributed by atoms with E-state index in [-0.39, 0.29) is 5.91 Å². The van der Waals surface area contributed by atoms with Crippen molar-refractivity contribution in [1.82, 2.24) is 20.4 Å². The number of hydrogen-bond donors (Lipinski definition) is 2. The maximum atomic E-state index is 11.8. The van der Waals surface area contributed by atoms with E-state index in [2.05, 4.69) is 29.5 Å². The van der Waals surface area contributed by atoms with Crippen molar-refractivity contribution in [3.63, 3.8) is 0 Å². The van der Waals surface area contributed by atoms with Crippen molar-refractivity contribution in [2.75, 3.05) is 46.8 Å². The van der Waals surface area contributed by atoms with Gasteiger partial charge in [0.05, 0.1) is 6.54 Å². The molecule has 126 valence electrons. The Morgan fingerprint density at radius 1 is 1.32 bits per heavy atom. The molecule has 2 atom stereocenters. The number of amides is 1. The minimum Gasteiger partial charge on any atom is -0.353 e. The smallest absolute Gasteiger partial charge is 0.222 e. The molecule has 6 nitrogen and oxygen atoms in total. The Bertz CT molecular complexity index is 398. The van der Waals surface area contributed by atoms with Crippen LogP contribution >= 0.6 is 0 Å². The molecular formula is C16H31N5O. The molecule has 1 amide bonds. The van der Waals surface area contributed by atoms with Gasteiger partial charge in [0.15, 0.2) is 5.96 Å². The zero-order chi connectivity index (χ0) is 15.9. The lowest BCUT2D eigenvalue weighted by atomic mass is 9.95. The van der Waals surface area contributed by atoms with Crippen molar-refractivity contribution >= 4 is 11.9 Å². The maximum absolute atomic E-state index is 11.8. The first-order valence-corrected chi connectivity index (χ1v) is 8.58. The molecule has 22 heavy (non-hydrogen) atoms. The summed E-state index contributed by atoms with van der Waals surface area (Å²) in [6.07, 6.45) is 4.09. The van der Waals surface area contributed by atoms with Gasteiger partial charge in [-0.1, -0.05) is 6.92 Å². The number of aliphatic imine (C=N–C) groups is 1. The fourth-order valence-electron chi connectivity index (χ4n) is 3.23. The van der Waals surface area contributed by atoms with E-state index in [1.165, 1.54) is 0 Å². The van der Waals surface area contributed by atoms with Crippen LogP contribution in [0.3, 0.4) is 0 Å². The fraction of sp³-hybridized carbons (Fsp3) is 0.875. The topological polar surface area (TPSA) is 60.0 Å². The lowest BCUT2D eigenvalue weighted by Gasteiger charge is -2.25. The van der Waals surface area contributed by atoms with Crippen molar-refractivity contribution in [2.24, 2.45) is 10.9 Å². The van der Waals surface area contributed by atoms with Gasteiger partial charge in [0.2, 0.25) is 5.91 Å². The Kier molecular flexibility index (Phi) is 6.49. The molecule has 0 aliphatic carbocycles. The van der Waals surface area contributed by atoms with Crippen LogP contribution in [0.25, 0.3) is 0 Å².